The minimum atomic E-state index is 0.206. The molecule has 0 aromatic rings. The lowest BCUT2D eigenvalue weighted by molar-refractivity contribution is 0.0688. The van der Waals surface area contributed by atoms with Gasteiger partial charge >= 0.3 is 6.03 Å². The van der Waals surface area contributed by atoms with E-state index in [2.05, 4.69) is 10.6 Å². The Morgan fingerprint density at radius 2 is 1.10 bits per heavy atom. The number of methoxy groups -OCH3 is 2. The van der Waals surface area contributed by atoms with Crippen LogP contribution in [-0.2, 0) is 18.9 Å². The van der Waals surface area contributed by atoms with Crippen molar-refractivity contribution in [1.29, 1.82) is 0 Å². The third-order valence-corrected chi connectivity index (χ3v) is 5.75. The maximum absolute atomic E-state index is 12.8. The molecule has 0 atom stereocenters. The van der Waals surface area contributed by atoms with E-state index in [9.17, 15) is 4.79 Å². The van der Waals surface area contributed by atoms with Crippen LogP contribution < -0.4 is 10.6 Å². The summed E-state index contributed by atoms with van der Waals surface area (Å²) in [6.45, 7) is 8.97. The highest BCUT2D eigenvalue weighted by molar-refractivity contribution is 5.74. The van der Waals surface area contributed by atoms with Gasteiger partial charge in [-0.25, -0.2) is 4.79 Å². The summed E-state index contributed by atoms with van der Waals surface area (Å²) in [6.07, 6.45) is 4.02. The van der Waals surface area contributed by atoms with Gasteiger partial charge in [-0.3, -0.25) is 0 Å². The van der Waals surface area contributed by atoms with Crippen molar-refractivity contribution in [3.8, 4) is 0 Å². The molecule has 2 heterocycles. The first-order valence-corrected chi connectivity index (χ1v) is 11.4. The fourth-order valence-corrected chi connectivity index (χ4v) is 3.91. The highest BCUT2D eigenvalue weighted by Gasteiger charge is 2.28. The molecule has 2 aliphatic heterocycles. The third-order valence-electron chi connectivity index (χ3n) is 5.75. The summed E-state index contributed by atoms with van der Waals surface area (Å²) < 4.78 is 20.9. The molecule has 0 aliphatic carbocycles. The second-order valence-corrected chi connectivity index (χ2v) is 7.92. The van der Waals surface area contributed by atoms with Crippen molar-refractivity contribution in [2.75, 3.05) is 93.1 Å². The van der Waals surface area contributed by atoms with Crippen LogP contribution in [0.4, 0.5) is 4.79 Å². The lowest BCUT2D eigenvalue weighted by atomic mass is 10.0. The van der Waals surface area contributed by atoms with Crippen molar-refractivity contribution in [3.05, 3.63) is 0 Å². The van der Waals surface area contributed by atoms with E-state index >= 15 is 0 Å². The number of nitrogens with one attached hydrogen (secondary N) is 2. The summed E-state index contributed by atoms with van der Waals surface area (Å²) in [4.78, 5) is 16.9. The Morgan fingerprint density at radius 1 is 0.700 bits per heavy atom. The van der Waals surface area contributed by atoms with Crippen LogP contribution in [-0.4, -0.2) is 121 Å². The molecular weight excluding hydrogens is 388 g/mol. The number of hydrogen-bond donors (Lipinski definition) is 2. The zero-order valence-electron chi connectivity index (χ0n) is 18.9. The van der Waals surface area contributed by atoms with Crippen molar-refractivity contribution in [1.82, 2.24) is 20.4 Å². The van der Waals surface area contributed by atoms with Crippen molar-refractivity contribution in [2.24, 2.45) is 0 Å². The summed E-state index contributed by atoms with van der Waals surface area (Å²) in [5.74, 6) is 0. The van der Waals surface area contributed by atoms with Crippen molar-refractivity contribution >= 4 is 6.03 Å². The number of piperidine rings is 2. The first-order chi connectivity index (χ1) is 14.7. The van der Waals surface area contributed by atoms with Gasteiger partial charge in [-0.2, -0.15) is 0 Å². The van der Waals surface area contributed by atoms with Gasteiger partial charge in [-0.1, -0.05) is 0 Å². The van der Waals surface area contributed by atoms with Crippen molar-refractivity contribution < 1.29 is 23.7 Å². The summed E-state index contributed by atoms with van der Waals surface area (Å²) >= 11 is 0. The standard InChI is InChI=1S/C21H42N4O5/c1-27-15-17-29-13-7-22-19-3-9-24(10-4-19)21(26)25-11-5-20(6-12-25)23-8-14-30-18-16-28-2/h19-20,22-23H,3-18H2,1-2H3. The van der Waals surface area contributed by atoms with Gasteiger partial charge in [0.15, 0.2) is 0 Å². The van der Waals surface area contributed by atoms with E-state index < -0.39 is 0 Å². The van der Waals surface area contributed by atoms with E-state index in [1.54, 1.807) is 14.2 Å². The molecule has 9 heteroatoms. The third kappa shape index (κ3) is 9.89. The van der Waals surface area contributed by atoms with Gasteiger partial charge in [0.05, 0.1) is 39.6 Å². The van der Waals surface area contributed by atoms with Crippen LogP contribution in [0.3, 0.4) is 0 Å². The zero-order valence-corrected chi connectivity index (χ0v) is 18.9. The molecule has 2 rings (SSSR count). The molecule has 0 aromatic carbocycles. The molecule has 0 bridgehead atoms. The largest absolute Gasteiger partial charge is 0.382 e. The van der Waals surface area contributed by atoms with Crippen LogP contribution in [0.25, 0.3) is 0 Å². The summed E-state index contributed by atoms with van der Waals surface area (Å²) in [5, 5.41) is 7.07. The maximum atomic E-state index is 12.8. The average Bonchev–Trinajstić information content (AvgIpc) is 2.79. The van der Waals surface area contributed by atoms with E-state index in [4.69, 9.17) is 18.9 Å². The van der Waals surface area contributed by atoms with E-state index in [1.807, 2.05) is 9.80 Å². The number of rotatable bonds is 14. The van der Waals surface area contributed by atoms with Crippen LogP contribution in [0, 0.1) is 0 Å². The summed E-state index contributed by atoms with van der Waals surface area (Å²) in [5.41, 5.74) is 0. The minimum Gasteiger partial charge on any atom is -0.382 e. The number of hydrogen-bond acceptors (Lipinski definition) is 7. The highest BCUT2D eigenvalue weighted by Crippen LogP contribution is 2.16. The molecule has 2 saturated heterocycles. The molecule has 0 radical (unpaired) electrons. The number of likely N-dealkylation sites (tertiary alicyclic amines) is 2. The Hall–Kier alpha value is -0.970. The van der Waals surface area contributed by atoms with Gasteiger partial charge in [-0.05, 0) is 25.7 Å². The number of urea groups is 1. The summed E-state index contributed by atoms with van der Waals surface area (Å²) in [7, 11) is 3.36. The van der Waals surface area contributed by atoms with Crippen molar-refractivity contribution in [3.63, 3.8) is 0 Å². The second kappa shape index (κ2) is 15.8. The van der Waals surface area contributed by atoms with Gasteiger partial charge in [0.1, 0.15) is 0 Å². The monoisotopic (exact) mass is 430 g/mol. The summed E-state index contributed by atoms with van der Waals surface area (Å²) in [6, 6.07) is 1.15. The van der Waals surface area contributed by atoms with Gasteiger partial charge in [0, 0.05) is 65.6 Å². The average molecular weight is 431 g/mol. The molecule has 0 unspecified atom stereocenters. The Bertz CT molecular complexity index is 403. The number of nitrogens with zero attached hydrogens (tertiary/aromatic N) is 2. The fraction of sp³-hybridized carbons (Fsp3) is 0.952. The fourth-order valence-electron chi connectivity index (χ4n) is 3.91. The zero-order chi connectivity index (χ0) is 21.4. The molecular formula is C21H42N4O5. The van der Waals surface area contributed by atoms with E-state index in [1.165, 1.54) is 0 Å². The number of carbonyl (C=O) groups excluding carboxylic acids is 1. The highest BCUT2D eigenvalue weighted by atomic mass is 16.5. The van der Waals surface area contributed by atoms with Crippen LogP contribution in [0.2, 0.25) is 0 Å². The van der Waals surface area contributed by atoms with Crippen LogP contribution in [0.1, 0.15) is 25.7 Å². The molecule has 2 N–H and O–H groups in total. The first kappa shape index (κ1) is 25.3. The van der Waals surface area contributed by atoms with Crippen LogP contribution in [0.15, 0.2) is 0 Å². The lowest BCUT2D eigenvalue weighted by Crippen LogP contribution is -2.53. The normalized spacial score (nSPS) is 18.9. The lowest BCUT2D eigenvalue weighted by Gasteiger charge is -2.39. The van der Waals surface area contributed by atoms with Crippen LogP contribution >= 0.6 is 0 Å². The smallest absolute Gasteiger partial charge is 0.320 e. The van der Waals surface area contributed by atoms with Gasteiger partial charge < -0.3 is 39.4 Å². The van der Waals surface area contributed by atoms with Crippen molar-refractivity contribution in [2.45, 2.75) is 37.8 Å². The first-order valence-electron chi connectivity index (χ1n) is 11.4. The molecule has 2 aliphatic rings. The molecule has 2 amide bonds. The van der Waals surface area contributed by atoms with Gasteiger partial charge in [0.25, 0.3) is 0 Å². The van der Waals surface area contributed by atoms with E-state index in [0.29, 0.717) is 51.7 Å². The minimum absolute atomic E-state index is 0.206. The number of amides is 2. The SMILES string of the molecule is COCCOCCNC1CCN(C(=O)N2CCC(NCCOCCOC)CC2)CC1. The number of ether oxygens (including phenoxy) is 4. The molecule has 0 spiro atoms. The second-order valence-electron chi connectivity index (χ2n) is 7.92. The molecule has 2 fully saturated rings. The molecule has 0 aromatic heterocycles. The van der Waals surface area contributed by atoms with Crippen LogP contribution in [0.5, 0.6) is 0 Å². The Kier molecular flexibility index (Phi) is 13.3. The predicted octanol–water partition coefficient (Wildman–Crippen LogP) is 0.540. The molecule has 9 nitrogen and oxygen atoms in total. The topological polar surface area (TPSA) is 84.5 Å². The Labute approximate surface area is 181 Å². The molecule has 30 heavy (non-hydrogen) atoms. The molecule has 176 valence electrons. The Morgan fingerprint density at radius 3 is 1.47 bits per heavy atom. The van der Waals surface area contributed by atoms with Gasteiger partial charge in [-0.15, -0.1) is 0 Å². The van der Waals surface area contributed by atoms with E-state index in [0.717, 1.165) is 65.0 Å². The number of carbonyl (C=O) groups is 1. The predicted molar refractivity (Wildman–Crippen MR) is 116 cm³/mol. The Balaban J connectivity index is 1.51. The van der Waals surface area contributed by atoms with E-state index in [-0.39, 0.29) is 6.03 Å². The maximum Gasteiger partial charge on any atom is 0.320 e. The quantitative estimate of drug-likeness (QED) is 0.389. The van der Waals surface area contributed by atoms with Gasteiger partial charge in [0.2, 0.25) is 0 Å². The molecule has 0 saturated carbocycles.